The fraction of sp³-hybridized carbons (Fsp3) is 0.444. The molecule has 2 amide bonds. The zero-order valence-corrected chi connectivity index (χ0v) is 14.9. The Labute approximate surface area is 152 Å². The highest BCUT2D eigenvalue weighted by molar-refractivity contribution is 5.86. The van der Waals surface area contributed by atoms with Gasteiger partial charge in [-0.05, 0) is 24.1 Å². The molecule has 0 heterocycles. The monoisotopic (exact) mass is 368 g/mol. The van der Waals surface area contributed by atoms with E-state index < -0.39 is 6.09 Å². The van der Waals surface area contributed by atoms with Gasteiger partial charge in [-0.2, -0.15) is 0 Å². The number of halogens is 1. The van der Waals surface area contributed by atoms with Gasteiger partial charge in [-0.3, -0.25) is 4.79 Å². The molecule has 0 unspecified atom stereocenters. The van der Waals surface area contributed by atoms with Gasteiger partial charge in [-0.1, -0.05) is 19.6 Å². The van der Waals surface area contributed by atoms with E-state index in [9.17, 15) is 14.0 Å². The first kappa shape index (κ1) is 21.4. The van der Waals surface area contributed by atoms with Gasteiger partial charge in [-0.25, -0.2) is 9.18 Å². The van der Waals surface area contributed by atoms with E-state index in [0.717, 1.165) is 18.1 Å². The highest BCUT2D eigenvalue weighted by atomic mass is 19.1. The summed E-state index contributed by atoms with van der Waals surface area (Å²) in [6.07, 6.45) is 1.29. The van der Waals surface area contributed by atoms with Gasteiger partial charge in [0.1, 0.15) is 24.8 Å². The first-order chi connectivity index (χ1) is 12.6. The van der Waals surface area contributed by atoms with Gasteiger partial charge in [0.25, 0.3) is 0 Å². The van der Waals surface area contributed by atoms with Crippen LogP contribution in [-0.2, 0) is 20.7 Å². The van der Waals surface area contributed by atoms with Crippen LogP contribution in [0.1, 0.15) is 12.5 Å². The summed E-state index contributed by atoms with van der Waals surface area (Å²) in [7, 11) is 0. The Morgan fingerprint density at radius 1 is 1.15 bits per heavy atom. The molecule has 8 heteroatoms. The lowest BCUT2D eigenvalue weighted by Gasteiger charge is -2.11. The fourth-order valence-corrected chi connectivity index (χ4v) is 1.93. The van der Waals surface area contributed by atoms with Crippen LogP contribution in [-0.4, -0.2) is 51.5 Å². The summed E-state index contributed by atoms with van der Waals surface area (Å²) in [5.41, 5.74) is 0.931. The van der Waals surface area contributed by atoms with E-state index >= 15 is 0 Å². The van der Waals surface area contributed by atoms with Gasteiger partial charge in [0.15, 0.2) is 0 Å². The third-order valence-corrected chi connectivity index (χ3v) is 3.23. The van der Waals surface area contributed by atoms with Crippen molar-refractivity contribution in [2.75, 3.05) is 39.5 Å². The Hall–Kier alpha value is -2.61. The Kier molecular flexibility index (Phi) is 10.5. The second kappa shape index (κ2) is 12.7. The molecule has 0 saturated carbocycles. The normalized spacial score (nSPS) is 10.1. The van der Waals surface area contributed by atoms with E-state index in [2.05, 4.69) is 17.2 Å². The number of carbonyl (C=O) groups is 2. The standard InChI is InChI=1S/C18H25FN2O5/c1-3-14-5-6-15(19)13-16(14)25-12-11-24-9-7-21-18(23)26-10-8-20-17(22)4-2/h4-6,13H,2-3,7-12H2,1H3,(H,20,22)(H,21,23). The Morgan fingerprint density at radius 2 is 1.92 bits per heavy atom. The molecule has 1 aromatic carbocycles. The van der Waals surface area contributed by atoms with Crippen LogP contribution in [0.2, 0.25) is 0 Å². The fourth-order valence-electron chi connectivity index (χ4n) is 1.93. The number of aryl methyl sites for hydroxylation is 1. The molecule has 0 aliphatic heterocycles. The lowest BCUT2D eigenvalue weighted by atomic mass is 10.1. The van der Waals surface area contributed by atoms with Crippen molar-refractivity contribution in [2.45, 2.75) is 13.3 Å². The van der Waals surface area contributed by atoms with Crippen LogP contribution in [0.15, 0.2) is 30.9 Å². The molecule has 0 spiro atoms. The van der Waals surface area contributed by atoms with Gasteiger partial charge < -0.3 is 24.8 Å². The quantitative estimate of drug-likeness (QED) is 0.434. The number of amides is 2. The van der Waals surface area contributed by atoms with Crippen molar-refractivity contribution in [1.29, 1.82) is 0 Å². The molecule has 2 N–H and O–H groups in total. The van der Waals surface area contributed by atoms with E-state index in [0.29, 0.717) is 12.4 Å². The van der Waals surface area contributed by atoms with E-state index in [4.69, 9.17) is 14.2 Å². The molecule has 0 bridgehead atoms. The zero-order valence-electron chi connectivity index (χ0n) is 14.9. The molecule has 0 aliphatic carbocycles. The molecule has 1 aromatic rings. The average Bonchev–Trinajstić information content (AvgIpc) is 2.64. The lowest BCUT2D eigenvalue weighted by Crippen LogP contribution is -2.32. The van der Waals surface area contributed by atoms with Gasteiger partial charge in [0.05, 0.1) is 19.8 Å². The largest absolute Gasteiger partial charge is 0.491 e. The highest BCUT2D eigenvalue weighted by Crippen LogP contribution is 2.20. The van der Waals surface area contributed by atoms with Crippen LogP contribution in [0.4, 0.5) is 9.18 Å². The van der Waals surface area contributed by atoms with Crippen molar-refractivity contribution < 1.29 is 28.2 Å². The number of hydrogen-bond acceptors (Lipinski definition) is 5. The van der Waals surface area contributed by atoms with E-state index in [1.165, 1.54) is 12.1 Å². The number of hydrogen-bond donors (Lipinski definition) is 2. The molecule has 0 saturated heterocycles. The number of rotatable bonds is 12. The molecule has 0 atom stereocenters. The van der Waals surface area contributed by atoms with E-state index in [-0.39, 0.29) is 44.6 Å². The van der Waals surface area contributed by atoms with Crippen LogP contribution >= 0.6 is 0 Å². The van der Waals surface area contributed by atoms with Crippen LogP contribution in [0.5, 0.6) is 5.75 Å². The molecule has 0 aromatic heterocycles. The first-order valence-electron chi connectivity index (χ1n) is 8.36. The molecule has 1 rings (SSSR count). The Morgan fingerprint density at radius 3 is 2.65 bits per heavy atom. The topological polar surface area (TPSA) is 85.9 Å². The van der Waals surface area contributed by atoms with Crippen molar-refractivity contribution >= 4 is 12.0 Å². The number of ether oxygens (including phenoxy) is 3. The second-order valence-corrected chi connectivity index (χ2v) is 5.12. The average molecular weight is 368 g/mol. The maximum absolute atomic E-state index is 13.2. The lowest BCUT2D eigenvalue weighted by molar-refractivity contribution is -0.116. The van der Waals surface area contributed by atoms with Crippen molar-refractivity contribution in [1.82, 2.24) is 10.6 Å². The first-order valence-corrected chi connectivity index (χ1v) is 8.36. The third kappa shape index (κ3) is 9.03. The van der Waals surface area contributed by atoms with Crippen LogP contribution < -0.4 is 15.4 Å². The van der Waals surface area contributed by atoms with Crippen LogP contribution in [0, 0.1) is 5.82 Å². The Balaban J connectivity index is 2.04. The van der Waals surface area contributed by atoms with Gasteiger partial charge in [0, 0.05) is 12.6 Å². The minimum Gasteiger partial charge on any atom is -0.491 e. The van der Waals surface area contributed by atoms with Crippen molar-refractivity contribution in [3.05, 3.63) is 42.2 Å². The molecule has 0 fully saturated rings. The summed E-state index contributed by atoms with van der Waals surface area (Å²) in [6, 6.07) is 4.46. The summed E-state index contributed by atoms with van der Waals surface area (Å²) in [6.45, 7) is 6.70. The maximum Gasteiger partial charge on any atom is 0.407 e. The summed E-state index contributed by atoms with van der Waals surface area (Å²) >= 11 is 0. The predicted octanol–water partition coefficient (Wildman–Crippen LogP) is 1.81. The summed E-state index contributed by atoms with van der Waals surface area (Å²) in [5, 5.41) is 4.99. The Bertz CT molecular complexity index is 595. The van der Waals surface area contributed by atoms with Gasteiger partial charge in [0.2, 0.25) is 5.91 Å². The number of alkyl carbamates (subject to hydrolysis) is 1. The molecule has 26 heavy (non-hydrogen) atoms. The third-order valence-electron chi connectivity index (χ3n) is 3.23. The van der Waals surface area contributed by atoms with Crippen molar-refractivity contribution in [3.63, 3.8) is 0 Å². The predicted molar refractivity (Wildman–Crippen MR) is 94.6 cm³/mol. The zero-order chi connectivity index (χ0) is 19.2. The molecular formula is C18H25FN2O5. The summed E-state index contributed by atoms with van der Waals surface area (Å²) in [5.74, 6) is -0.153. The maximum atomic E-state index is 13.2. The number of benzene rings is 1. The van der Waals surface area contributed by atoms with Crippen molar-refractivity contribution in [3.8, 4) is 5.75 Å². The minimum atomic E-state index is -0.593. The van der Waals surface area contributed by atoms with Crippen LogP contribution in [0.3, 0.4) is 0 Å². The highest BCUT2D eigenvalue weighted by Gasteiger charge is 2.04. The second-order valence-electron chi connectivity index (χ2n) is 5.12. The number of carbonyl (C=O) groups excluding carboxylic acids is 2. The molecule has 0 radical (unpaired) electrons. The van der Waals surface area contributed by atoms with Crippen molar-refractivity contribution in [2.24, 2.45) is 0 Å². The minimum absolute atomic E-state index is 0.0630. The SMILES string of the molecule is C=CC(=O)NCCOC(=O)NCCOCCOc1cc(F)ccc1CC. The van der Waals surface area contributed by atoms with Gasteiger partial charge >= 0.3 is 6.09 Å². The molecule has 144 valence electrons. The smallest absolute Gasteiger partial charge is 0.407 e. The van der Waals surface area contributed by atoms with E-state index in [1.807, 2.05) is 6.92 Å². The van der Waals surface area contributed by atoms with Crippen LogP contribution in [0.25, 0.3) is 0 Å². The summed E-state index contributed by atoms with van der Waals surface area (Å²) < 4.78 is 28.9. The molecule has 7 nitrogen and oxygen atoms in total. The molecular weight excluding hydrogens is 343 g/mol. The molecule has 0 aliphatic rings. The van der Waals surface area contributed by atoms with Gasteiger partial charge in [-0.15, -0.1) is 0 Å². The van der Waals surface area contributed by atoms with E-state index in [1.54, 1.807) is 6.07 Å². The number of nitrogens with one attached hydrogen (secondary N) is 2. The summed E-state index contributed by atoms with van der Waals surface area (Å²) in [4.78, 5) is 22.2.